The molecule has 1 saturated heterocycles. The maximum atomic E-state index is 13.2. The van der Waals surface area contributed by atoms with Crippen LogP contribution in [0.5, 0.6) is 0 Å². The molecule has 0 aromatic heterocycles. The second-order valence-electron chi connectivity index (χ2n) is 7.58. The molecule has 0 radical (unpaired) electrons. The Bertz CT molecular complexity index is 354. The van der Waals surface area contributed by atoms with Crippen molar-refractivity contribution < 1.29 is 4.21 Å². The molecule has 19 heavy (non-hydrogen) atoms. The summed E-state index contributed by atoms with van der Waals surface area (Å²) in [7, 11) is 1.45. The molecule has 1 heterocycles. The highest BCUT2D eigenvalue weighted by atomic mass is 32.2. The monoisotopic (exact) mass is 282 g/mol. The third-order valence-electron chi connectivity index (χ3n) is 6.05. The van der Waals surface area contributed by atoms with E-state index in [9.17, 15) is 4.21 Å². The van der Waals surface area contributed by atoms with Crippen molar-refractivity contribution in [3.8, 4) is 0 Å². The van der Waals surface area contributed by atoms with Gasteiger partial charge in [-0.15, -0.1) is 0 Å². The van der Waals surface area contributed by atoms with Gasteiger partial charge in [0, 0.05) is 26.2 Å². The van der Waals surface area contributed by atoms with Crippen LogP contribution in [0.15, 0.2) is 0 Å². The van der Waals surface area contributed by atoms with Crippen LogP contribution in [0.4, 0.5) is 0 Å². The third-order valence-corrected chi connectivity index (χ3v) is 8.12. The van der Waals surface area contributed by atoms with Gasteiger partial charge < -0.3 is 4.90 Å². The van der Waals surface area contributed by atoms with Crippen molar-refractivity contribution in [3.63, 3.8) is 0 Å². The van der Waals surface area contributed by atoms with Crippen LogP contribution >= 0.6 is 0 Å². The average Bonchev–Trinajstić information content (AvgIpc) is 2.37. The summed E-state index contributed by atoms with van der Waals surface area (Å²) >= 11 is 0. The second-order valence-corrected chi connectivity index (χ2v) is 9.46. The molecule has 0 unspecified atom stereocenters. The lowest BCUT2D eigenvalue weighted by molar-refractivity contribution is 0.0334. The van der Waals surface area contributed by atoms with Crippen LogP contribution < -0.4 is 0 Å². The largest absolute Gasteiger partial charge is 0.304 e. The molecule has 5 fully saturated rings. The lowest BCUT2D eigenvalue weighted by atomic mass is 9.56. The van der Waals surface area contributed by atoms with Crippen molar-refractivity contribution in [2.24, 2.45) is 17.8 Å². The number of hydrogen-bond donors (Lipinski definition) is 0. The number of nitrogens with zero attached hydrogens (tertiary/aromatic N) is 2. The Morgan fingerprint density at radius 1 is 0.895 bits per heavy atom. The molecule has 108 valence electrons. The quantitative estimate of drug-likeness (QED) is 0.772. The van der Waals surface area contributed by atoms with E-state index in [1.807, 2.05) is 0 Å². The first-order chi connectivity index (χ1) is 9.14. The summed E-state index contributed by atoms with van der Waals surface area (Å²) in [6.45, 7) is 4.17. The lowest BCUT2D eigenvalue weighted by Crippen LogP contribution is -2.58. The molecular weight excluding hydrogens is 256 g/mol. The van der Waals surface area contributed by atoms with Gasteiger partial charge in [-0.05, 0) is 63.3 Å². The van der Waals surface area contributed by atoms with Crippen LogP contribution in [0.3, 0.4) is 0 Å². The van der Waals surface area contributed by atoms with Crippen LogP contribution in [-0.2, 0) is 11.0 Å². The van der Waals surface area contributed by atoms with Crippen LogP contribution in [-0.4, -0.2) is 51.4 Å². The lowest BCUT2D eigenvalue weighted by Gasteiger charge is -2.57. The fourth-order valence-electron chi connectivity index (χ4n) is 5.47. The summed E-state index contributed by atoms with van der Waals surface area (Å²) < 4.78 is 15.7. The average molecular weight is 282 g/mol. The standard InChI is InChI=1S/C15H26N2OS/c1-16-2-4-17(5-3-16)19(18)15-9-12-6-13(10-15)8-14(7-12)11-15/h12-14H,2-11H2,1H3/t12?,13?,14?,15?,19-/m0/s1. The second kappa shape index (κ2) is 4.54. The van der Waals surface area contributed by atoms with Crippen molar-refractivity contribution in [3.05, 3.63) is 0 Å². The van der Waals surface area contributed by atoms with E-state index in [2.05, 4.69) is 16.3 Å². The van der Waals surface area contributed by atoms with Gasteiger partial charge in [-0.1, -0.05) is 0 Å². The molecule has 4 aliphatic carbocycles. The molecule has 0 aromatic carbocycles. The molecule has 0 aromatic rings. The highest BCUT2D eigenvalue weighted by Gasteiger charge is 2.55. The Morgan fingerprint density at radius 2 is 1.37 bits per heavy atom. The third kappa shape index (κ3) is 2.11. The molecule has 3 nitrogen and oxygen atoms in total. The van der Waals surface area contributed by atoms with Gasteiger partial charge >= 0.3 is 0 Å². The number of rotatable bonds is 2. The van der Waals surface area contributed by atoms with Crippen molar-refractivity contribution in [2.45, 2.75) is 43.3 Å². The summed E-state index contributed by atoms with van der Waals surface area (Å²) in [5.41, 5.74) is 0. The molecule has 5 aliphatic rings. The minimum absolute atomic E-state index is 0.185. The normalized spacial score (nSPS) is 48.6. The van der Waals surface area contributed by atoms with E-state index >= 15 is 0 Å². The zero-order valence-electron chi connectivity index (χ0n) is 12.0. The van der Waals surface area contributed by atoms with E-state index < -0.39 is 11.0 Å². The predicted octanol–water partition coefficient (Wildman–Crippen LogP) is 1.87. The van der Waals surface area contributed by atoms with Gasteiger partial charge in [0.15, 0.2) is 0 Å². The zero-order valence-corrected chi connectivity index (χ0v) is 12.8. The minimum atomic E-state index is -0.720. The van der Waals surface area contributed by atoms with Crippen molar-refractivity contribution in [2.75, 3.05) is 33.2 Å². The molecule has 1 atom stereocenters. The fraction of sp³-hybridized carbons (Fsp3) is 1.00. The van der Waals surface area contributed by atoms with E-state index in [1.165, 1.54) is 38.5 Å². The molecule has 4 bridgehead atoms. The van der Waals surface area contributed by atoms with Crippen LogP contribution in [0.1, 0.15) is 38.5 Å². The topological polar surface area (TPSA) is 23.6 Å². The highest BCUT2D eigenvalue weighted by molar-refractivity contribution is 7.84. The van der Waals surface area contributed by atoms with Gasteiger partial charge in [0.2, 0.25) is 0 Å². The Balaban J connectivity index is 1.53. The Kier molecular flexibility index (Phi) is 3.05. The van der Waals surface area contributed by atoms with Gasteiger partial charge in [0.05, 0.1) is 4.75 Å². The zero-order chi connectivity index (χ0) is 13.0. The highest BCUT2D eigenvalue weighted by Crippen LogP contribution is 2.58. The maximum absolute atomic E-state index is 13.2. The number of likely N-dealkylation sites (N-methyl/N-ethyl adjacent to an activating group) is 1. The smallest absolute Gasteiger partial charge is 0.101 e. The van der Waals surface area contributed by atoms with Gasteiger partial charge in [0.25, 0.3) is 0 Å². The summed E-state index contributed by atoms with van der Waals surface area (Å²) in [6.07, 6.45) is 8.12. The molecule has 4 saturated carbocycles. The van der Waals surface area contributed by atoms with E-state index in [0.29, 0.717) is 0 Å². The Labute approximate surface area is 119 Å². The molecule has 5 rings (SSSR count). The van der Waals surface area contributed by atoms with Gasteiger partial charge in [-0.2, -0.15) is 0 Å². The molecule has 0 amide bonds. The Morgan fingerprint density at radius 3 is 1.84 bits per heavy atom. The summed E-state index contributed by atoms with van der Waals surface area (Å²) in [5, 5.41) is 0. The van der Waals surface area contributed by atoms with Crippen LogP contribution in [0.2, 0.25) is 0 Å². The van der Waals surface area contributed by atoms with Gasteiger partial charge in [-0.3, -0.25) is 0 Å². The number of hydrogen-bond acceptors (Lipinski definition) is 2. The molecule has 4 heteroatoms. The maximum Gasteiger partial charge on any atom is 0.101 e. The minimum Gasteiger partial charge on any atom is -0.304 e. The van der Waals surface area contributed by atoms with Crippen molar-refractivity contribution in [1.29, 1.82) is 0 Å². The molecule has 0 N–H and O–H groups in total. The molecule has 0 spiro atoms. The van der Waals surface area contributed by atoms with Crippen molar-refractivity contribution in [1.82, 2.24) is 9.21 Å². The van der Waals surface area contributed by atoms with Gasteiger partial charge in [-0.25, -0.2) is 8.51 Å². The fourth-order valence-corrected chi connectivity index (χ4v) is 7.65. The first-order valence-electron chi connectivity index (χ1n) is 8.00. The first-order valence-corrected chi connectivity index (χ1v) is 9.11. The van der Waals surface area contributed by atoms with E-state index in [-0.39, 0.29) is 4.75 Å². The van der Waals surface area contributed by atoms with Crippen LogP contribution in [0.25, 0.3) is 0 Å². The Hall–Kier alpha value is 0.0700. The van der Waals surface area contributed by atoms with E-state index in [4.69, 9.17) is 0 Å². The summed E-state index contributed by atoms with van der Waals surface area (Å²) in [4.78, 5) is 2.35. The summed E-state index contributed by atoms with van der Waals surface area (Å²) in [5.74, 6) is 2.72. The summed E-state index contributed by atoms with van der Waals surface area (Å²) in [6, 6.07) is 0. The first kappa shape index (κ1) is 12.8. The van der Waals surface area contributed by atoms with Gasteiger partial charge in [0.1, 0.15) is 11.0 Å². The SMILES string of the molecule is CN1CCN([S@@](=O)C23CC4CC(CC(C4)C2)C3)CC1. The molecule has 1 aliphatic heterocycles. The predicted molar refractivity (Wildman–Crippen MR) is 78.1 cm³/mol. The molecular formula is C15H26N2OS. The van der Waals surface area contributed by atoms with Crippen LogP contribution in [0, 0.1) is 17.8 Å². The van der Waals surface area contributed by atoms with Crippen molar-refractivity contribution >= 4 is 11.0 Å². The van der Waals surface area contributed by atoms with E-state index in [1.54, 1.807) is 0 Å². The number of piperazine rings is 1. The van der Waals surface area contributed by atoms with E-state index in [0.717, 1.165) is 43.9 Å².